The lowest BCUT2D eigenvalue weighted by molar-refractivity contribution is 0.0526. The standard InChI is InChI=1S/C13H28N2O3/c1-13(2,3)18-12(17)14-9-7-6-8-11(10-16)15(4)5/h11,16H,6-10H2,1-5H3,(H,14,17). The fourth-order valence-corrected chi connectivity index (χ4v) is 1.52. The van der Waals surface area contributed by atoms with E-state index in [2.05, 4.69) is 5.32 Å². The monoisotopic (exact) mass is 260 g/mol. The number of hydrogen-bond donors (Lipinski definition) is 2. The Kier molecular flexibility index (Phi) is 7.95. The highest BCUT2D eigenvalue weighted by atomic mass is 16.6. The molecule has 1 amide bonds. The summed E-state index contributed by atoms with van der Waals surface area (Å²) < 4.78 is 5.13. The number of alkyl carbamates (subject to hydrolysis) is 1. The summed E-state index contributed by atoms with van der Waals surface area (Å²) in [6, 6.07) is 0.200. The molecule has 0 aromatic heterocycles. The van der Waals surface area contributed by atoms with Crippen LogP contribution in [0.1, 0.15) is 40.0 Å². The molecule has 0 rings (SSSR count). The normalized spacial score (nSPS) is 13.5. The molecule has 2 N–H and O–H groups in total. The van der Waals surface area contributed by atoms with Gasteiger partial charge in [0.1, 0.15) is 5.60 Å². The van der Waals surface area contributed by atoms with Gasteiger partial charge in [-0.05, 0) is 47.7 Å². The van der Waals surface area contributed by atoms with E-state index in [1.54, 1.807) is 0 Å². The van der Waals surface area contributed by atoms with Gasteiger partial charge in [0.25, 0.3) is 0 Å². The molecular formula is C13H28N2O3. The Balaban J connectivity index is 3.59. The van der Waals surface area contributed by atoms with Crippen molar-refractivity contribution in [1.82, 2.24) is 10.2 Å². The molecule has 0 radical (unpaired) electrons. The van der Waals surface area contributed by atoms with Crippen LogP contribution in [0.2, 0.25) is 0 Å². The van der Waals surface area contributed by atoms with Gasteiger partial charge < -0.3 is 20.1 Å². The maximum Gasteiger partial charge on any atom is 0.407 e. The molecule has 0 aromatic rings. The molecule has 5 nitrogen and oxygen atoms in total. The molecule has 1 atom stereocenters. The Labute approximate surface area is 110 Å². The Morgan fingerprint density at radius 2 is 1.94 bits per heavy atom. The van der Waals surface area contributed by atoms with Crippen LogP contribution in [0.3, 0.4) is 0 Å². The van der Waals surface area contributed by atoms with Crippen LogP contribution in [0.5, 0.6) is 0 Å². The lowest BCUT2D eigenvalue weighted by Gasteiger charge is -2.22. The van der Waals surface area contributed by atoms with Crippen molar-refractivity contribution in [2.24, 2.45) is 0 Å². The third kappa shape index (κ3) is 9.24. The van der Waals surface area contributed by atoms with Gasteiger partial charge in [0.15, 0.2) is 0 Å². The van der Waals surface area contributed by atoms with Crippen molar-refractivity contribution in [3.05, 3.63) is 0 Å². The first-order valence-corrected chi connectivity index (χ1v) is 6.50. The molecular weight excluding hydrogens is 232 g/mol. The van der Waals surface area contributed by atoms with Gasteiger partial charge in [0.05, 0.1) is 6.61 Å². The molecule has 5 heteroatoms. The van der Waals surface area contributed by atoms with Crippen molar-refractivity contribution in [2.75, 3.05) is 27.2 Å². The van der Waals surface area contributed by atoms with Gasteiger partial charge in [-0.25, -0.2) is 4.79 Å². The smallest absolute Gasteiger partial charge is 0.407 e. The van der Waals surface area contributed by atoms with Gasteiger partial charge in [0, 0.05) is 12.6 Å². The van der Waals surface area contributed by atoms with E-state index < -0.39 is 5.60 Å². The summed E-state index contributed by atoms with van der Waals surface area (Å²) >= 11 is 0. The molecule has 0 aliphatic rings. The van der Waals surface area contributed by atoms with Gasteiger partial charge in [-0.1, -0.05) is 6.42 Å². The number of nitrogens with zero attached hydrogens (tertiary/aromatic N) is 1. The van der Waals surface area contributed by atoms with E-state index >= 15 is 0 Å². The zero-order valence-corrected chi connectivity index (χ0v) is 12.3. The minimum atomic E-state index is -0.447. The summed E-state index contributed by atoms with van der Waals surface area (Å²) in [6.45, 7) is 6.31. The summed E-state index contributed by atoms with van der Waals surface area (Å²) in [6.07, 6.45) is 2.43. The highest BCUT2D eigenvalue weighted by Crippen LogP contribution is 2.07. The number of likely N-dealkylation sites (N-methyl/N-ethyl adjacent to an activating group) is 1. The van der Waals surface area contributed by atoms with Gasteiger partial charge in [-0.15, -0.1) is 0 Å². The largest absolute Gasteiger partial charge is 0.444 e. The van der Waals surface area contributed by atoms with Crippen molar-refractivity contribution in [3.63, 3.8) is 0 Å². The number of ether oxygens (including phenoxy) is 1. The molecule has 0 aromatic carbocycles. The summed E-state index contributed by atoms with van der Waals surface area (Å²) in [5, 5.41) is 11.9. The molecule has 0 aliphatic carbocycles. The summed E-state index contributed by atoms with van der Waals surface area (Å²) in [5.41, 5.74) is -0.447. The Bertz CT molecular complexity index is 237. The molecule has 0 fully saturated rings. The van der Waals surface area contributed by atoms with Crippen molar-refractivity contribution in [2.45, 2.75) is 51.7 Å². The van der Waals surface area contributed by atoms with Crippen molar-refractivity contribution in [1.29, 1.82) is 0 Å². The number of hydrogen-bond acceptors (Lipinski definition) is 4. The number of amides is 1. The number of aliphatic hydroxyl groups excluding tert-OH is 1. The summed E-state index contributed by atoms with van der Waals surface area (Å²) in [5.74, 6) is 0. The average Bonchev–Trinajstić information content (AvgIpc) is 2.20. The van der Waals surface area contributed by atoms with Gasteiger partial charge in [-0.3, -0.25) is 0 Å². The van der Waals surface area contributed by atoms with Gasteiger partial charge in [0.2, 0.25) is 0 Å². The Morgan fingerprint density at radius 3 is 2.39 bits per heavy atom. The maximum atomic E-state index is 11.3. The minimum absolute atomic E-state index is 0.173. The molecule has 0 spiro atoms. The predicted molar refractivity (Wildman–Crippen MR) is 72.6 cm³/mol. The summed E-state index contributed by atoms with van der Waals surface area (Å²) in [7, 11) is 3.92. The van der Waals surface area contributed by atoms with Crippen LogP contribution < -0.4 is 5.32 Å². The van der Waals surface area contributed by atoms with Crippen LogP contribution in [0.4, 0.5) is 4.79 Å². The third-order valence-corrected chi connectivity index (χ3v) is 2.57. The second-order valence-electron chi connectivity index (χ2n) is 5.72. The van der Waals surface area contributed by atoms with E-state index in [4.69, 9.17) is 9.84 Å². The Morgan fingerprint density at radius 1 is 1.33 bits per heavy atom. The zero-order chi connectivity index (χ0) is 14.2. The predicted octanol–water partition coefficient (Wildman–Crippen LogP) is 1.60. The lowest BCUT2D eigenvalue weighted by atomic mass is 10.1. The highest BCUT2D eigenvalue weighted by Gasteiger charge is 2.15. The number of aliphatic hydroxyl groups is 1. The first kappa shape index (κ1) is 17.2. The first-order chi connectivity index (χ1) is 8.26. The van der Waals surface area contributed by atoms with Crippen LogP contribution >= 0.6 is 0 Å². The van der Waals surface area contributed by atoms with Crippen LogP contribution in [0, 0.1) is 0 Å². The van der Waals surface area contributed by atoms with Crippen molar-refractivity contribution >= 4 is 6.09 Å². The number of rotatable bonds is 7. The maximum absolute atomic E-state index is 11.3. The number of nitrogens with one attached hydrogen (secondary N) is 1. The van der Waals surface area contributed by atoms with Crippen LogP contribution in [0.25, 0.3) is 0 Å². The molecule has 1 unspecified atom stereocenters. The molecule has 0 heterocycles. The van der Waals surface area contributed by atoms with Crippen molar-refractivity contribution < 1.29 is 14.6 Å². The second kappa shape index (κ2) is 8.32. The fourth-order valence-electron chi connectivity index (χ4n) is 1.52. The molecule has 0 saturated carbocycles. The Hall–Kier alpha value is -0.810. The highest BCUT2D eigenvalue weighted by molar-refractivity contribution is 5.67. The summed E-state index contributed by atoms with van der Waals surface area (Å²) in [4.78, 5) is 13.4. The minimum Gasteiger partial charge on any atom is -0.444 e. The number of carbonyl (C=O) groups excluding carboxylic acids is 1. The van der Waals surface area contributed by atoms with E-state index in [9.17, 15) is 4.79 Å². The average molecular weight is 260 g/mol. The zero-order valence-electron chi connectivity index (χ0n) is 12.3. The van der Waals surface area contributed by atoms with Crippen LogP contribution in [0.15, 0.2) is 0 Å². The molecule has 0 aliphatic heterocycles. The van der Waals surface area contributed by atoms with E-state index in [0.29, 0.717) is 6.54 Å². The molecule has 0 saturated heterocycles. The molecule has 108 valence electrons. The van der Waals surface area contributed by atoms with E-state index in [1.165, 1.54) is 0 Å². The van der Waals surface area contributed by atoms with Crippen molar-refractivity contribution in [3.8, 4) is 0 Å². The van der Waals surface area contributed by atoms with Crippen LogP contribution in [-0.2, 0) is 4.74 Å². The first-order valence-electron chi connectivity index (χ1n) is 6.50. The quantitative estimate of drug-likeness (QED) is 0.683. The number of unbranched alkanes of at least 4 members (excludes halogenated alkanes) is 1. The second-order valence-corrected chi connectivity index (χ2v) is 5.72. The molecule has 0 bridgehead atoms. The molecule has 18 heavy (non-hydrogen) atoms. The fraction of sp³-hybridized carbons (Fsp3) is 0.923. The van der Waals surface area contributed by atoms with Crippen LogP contribution in [-0.4, -0.2) is 55.0 Å². The number of carbonyl (C=O) groups is 1. The lowest BCUT2D eigenvalue weighted by Crippen LogP contribution is -2.33. The van der Waals surface area contributed by atoms with Gasteiger partial charge >= 0.3 is 6.09 Å². The van der Waals surface area contributed by atoms with Gasteiger partial charge in [-0.2, -0.15) is 0 Å². The van der Waals surface area contributed by atoms with E-state index in [0.717, 1.165) is 19.3 Å². The van der Waals surface area contributed by atoms with E-state index in [-0.39, 0.29) is 18.7 Å². The SMILES string of the molecule is CN(C)C(CO)CCCCNC(=O)OC(C)(C)C. The third-order valence-electron chi connectivity index (χ3n) is 2.57. The van der Waals surface area contributed by atoms with E-state index in [1.807, 2.05) is 39.8 Å². The topological polar surface area (TPSA) is 61.8 Å².